The highest BCUT2D eigenvalue weighted by Gasteiger charge is 2.24. The number of rotatable bonds is 8. The Kier molecular flexibility index (Phi) is 9.03. The van der Waals surface area contributed by atoms with Crippen LogP contribution in [0.3, 0.4) is 0 Å². The van der Waals surface area contributed by atoms with E-state index in [0.29, 0.717) is 34.8 Å². The maximum atomic E-state index is 12.9. The van der Waals surface area contributed by atoms with Gasteiger partial charge in [0.05, 0.1) is 23.8 Å². The molecule has 1 N–H and O–H groups in total. The van der Waals surface area contributed by atoms with Gasteiger partial charge in [-0.05, 0) is 86.7 Å². The predicted octanol–water partition coefficient (Wildman–Crippen LogP) is 5.39. The van der Waals surface area contributed by atoms with Crippen molar-refractivity contribution in [2.24, 2.45) is 5.92 Å². The number of hydrogen-bond acceptors (Lipinski definition) is 6. The molecule has 2 saturated heterocycles. The number of nitrogens with one attached hydrogen (secondary N) is 1. The number of anilines is 1. The summed E-state index contributed by atoms with van der Waals surface area (Å²) in [5.41, 5.74) is 4.48. The zero-order valence-corrected chi connectivity index (χ0v) is 23.1. The molecule has 0 radical (unpaired) electrons. The second kappa shape index (κ2) is 13.2. The van der Waals surface area contributed by atoms with Crippen molar-refractivity contribution in [3.8, 4) is 6.07 Å². The first-order valence-corrected chi connectivity index (χ1v) is 14.2. The highest BCUT2D eigenvalue weighted by atomic mass is 16.1. The fourth-order valence-corrected chi connectivity index (χ4v) is 5.64. The second-order valence-electron chi connectivity index (χ2n) is 11.0. The third-order valence-electron chi connectivity index (χ3n) is 8.16. The third kappa shape index (κ3) is 7.36. The van der Waals surface area contributed by atoms with Crippen molar-refractivity contribution in [3.63, 3.8) is 0 Å². The van der Waals surface area contributed by atoms with E-state index in [9.17, 15) is 9.59 Å². The monoisotopic (exact) mass is 546 g/mol. The Morgan fingerprint density at radius 2 is 1.66 bits per heavy atom. The zero-order chi connectivity index (χ0) is 28.6. The first-order valence-electron chi connectivity index (χ1n) is 14.2. The van der Waals surface area contributed by atoms with Crippen molar-refractivity contribution in [1.29, 1.82) is 5.26 Å². The Morgan fingerprint density at radius 3 is 2.27 bits per heavy atom. The number of piperidine rings is 2. The smallest absolute Gasteiger partial charge is 0.253 e. The summed E-state index contributed by atoms with van der Waals surface area (Å²) in [6.45, 7) is 11.5. The van der Waals surface area contributed by atoms with Gasteiger partial charge in [-0.2, -0.15) is 5.26 Å². The van der Waals surface area contributed by atoms with Crippen LogP contribution in [-0.2, 0) is 6.54 Å². The van der Waals surface area contributed by atoms with Crippen molar-refractivity contribution >= 4 is 23.1 Å². The molecule has 41 heavy (non-hydrogen) atoms. The molecule has 3 aromatic rings. The summed E-state index contributed by atoms with van der Waals surface area (Å²) in [5, 5.41) is 12.1. The van der Waals surface area contributed by atoms with Gasteiger partial charge in [0, 0.05) is 44.0 Å². The van der Waals surface area contributed by atoms with E-state index in [0.717, 1.165) is 64.1 Å². The first kappa shape index (κ1) is 28.0. The molecular formula is C33H34N6O2. The van der Waals surface area contributed by atoms with Crippen LogP contribution in [0.4, 0.5) is 11.4 Å². The van der Waals surface area contributed by atoms with Crippen LogP contribution in [0.1, 0.15) is 64.1 Å². The van der Waals surface area contributed by atoms with E-state index < -0.39 is 0 Å². The number of likely N-dealkylation sites (tertiary alicyclic amines) is 1. The van der Waals surface area contributed by atoms with Gasteiger partial charge in [0.25, 0.3) is 5.91 Å². The van der Waals surface area contributed by atoms with Gasteiger partial charge in [0.15, 0.2) is 11.5 Å². The Bertz CT molecular complexity index is 1420. The van der Waals surface area contributed by atoms with Gasteiger partial charge >= 0.3 is 0 Å². The lowest BCUT2D eigenvalue weighted by Crippen LogP contribution is -2.44. The zero-order valence-electron chi connectivity index (χ0n) is 23.1. The third-order valence-corrected chi connectivity index (χ3v) is 8.16. The summed E-state index contributed by atoms with van der Waals surface area (Å²) >= 11 is 0. The minimum atomic E-state index is -0.161. The van der Waals surface area contributed by atoms with E-state index in [4.69, 9.17) is 11.8 Å². The van der Waals surface area contributed by atoms with E-state index >= 15 is 0 Å². The largest absolute Gasteiger partial charge is 0.371 e. The molecule has 2 aliphatic rings. The summed E-state index contributed by atoms with van der Waals surface area (Å²) in [6.07, 6.45) is 5.60. The molecule has 8 heteroatoms. The van der Waals surface area contributed by atoms with Gasteiger partial charge in [0.1, 0.15) is 5.69 Å². The molecule has 2 aliphatic heterocycles. The molecule has 208 valence electrons. The molecule has 2 aromatic carbocycles. The van der Waals surface area contributed by atoms with Gasteiger partial charge in [0.2, 0.25) is 0 Å². The number of amides is 1. The lowest BCUT2D eigenvalue weighted by Gasteiger charge is -2.34. The summed E-state index contributed by atoms with van der Waals surface area (Å²) in [5.74, 6) is 0.200. The average Bonchev–Trinajstić information content (AvgIpc) is 3.03. The number of carbonyl (C=O) groups excluding carboxylic acids is 2. The minimum Gasteiger partial charge on any atom is -0.371 e. The molecule has 0 saturated carbocycles. The summed E-state index contributed by atoms with van der Waals surface area (Å²) < 4.78 is 0. The molecule has 2 fully saturated rings. The summed E-state index contributed by atoms with van der Waals surface area (Å²) in [4.78, 5) is 38.2. The Balaban J connectivity index is 1.04. The Labute approximate surface area is 241 Å². The fourth-order valence-electron chi connectivity index (χ4n) is 5.64. The minimum absolute atomic E-state index is 0.0271. The van der Waals surface area contributed by atoms with E-state index in [2.05, 4.69) is 31.0 Å². The second-order valence-corrected chi connectivity index (χ2v) is 11.0. The van der Waals surface area contributed by atoms with Crippen LogP contribution in [0.5, 0.6) is 0 Å². The molecule has 5 rings (SSSR count). The average molecular weight is 547 g/mol. The maximum Gasteiger partial charge on any atom is 0.253 e. The quantitative estimate of drug-likeness (QED) is 0.301. The van der Waals surface area contributed by atoms with E-state index in [1.165, 1.54) is 11.8 Å². The molecule has 3 heterocycles. The molecular weight excluding hydrogens is 512 g/mol. The SMILES string of the molecule is [C-]#[N+]c1ccc(N2CCC(NC(=O)c3ccc(C(=O)CC4CCN(Cc5ccc(C#N)cc5)CC4)nc3)CC2)cc1. The molecule has 8 nitrogen and oxygen atoms in total. The number of hydrogen-bond donors (Lipinski definition) is 1. The molecule has 0 bridgehead atoms. The van der Waals surface area contributed by atoms with Crippen LogP contribution >= 0.6 is 0 Å². The summed E-state index contributed by atoms with van der Waals surface area (Å²) in [6, 6.07) is 21.0. The fraction of sp³-hybridized carbons (Fsp3) is 0.364. The first-order chi connectivity index (χ1) is 20.0. The highest BCUT2D eigenvalue weighted by molar-refractivity contribution is 5.97. The number of benzene rings is 2. The van der Waals surface area contributed by atoms with Crippen molar-refractivity contribution in [1.82, 2.24) is 15.2 Å². The van der Waals surface area contributed by atoms with Crippen LogP contribution in [0, 0.1) is 23.8 Å². The lowest BCUT2D eigenvalue weighted by molar-refractivity contribution is 0.0911. The van der Waals surface area contributed by atoms with Gasteiger partial charge < -0.3 is 10.2 Å². The number of nitriles is 1. The number of aromatic nitrogens is 1. The van der Waals surface area contributed by atoms with Gasteiger partial charge in [-0.15, -0.1) is 0 Å². The molecule has 0 atom stereocenters. The number of nitrogens with zero attached hydrogens (tertiary/aromatic N) is 5. The van der Waals surface area contributed by atoms with Crippen molar-refractivity contribution < 1.29 is 9.59 Å². The number of ketones is 1. The summed E-state index contributed by atoms with van der Waals surface area (Å²) in [7, 11) is 0. The molecule has 0 spiro atoms. The maximum absolute atomic E-state index is 12.9. The van der Waals surface area contributed by atoms with E-state index in [-0.39, 0.29) is 17.7 Å². The van der Waals surface area contributed by atoms with Crippen molar-refractivity contribution in [3.05, 3.63) is 101 Å². The van der Waals surface area contributed by atoms with Gasteiger partial charge in [-0.1, -0.05) is 24.3 Å². The van der Waals surface area contributed by atoms with Crippen molar-refractivity contribution in [2.45, 2.75) is 44.7 Å². The van der Waals surface area contributed by atoms with E-state index in [1.807, 2.05) is 48.5 Å². The van der Waals surface area contributed by atoms with Crippen LogP contribution in [0.15, 0.2) is 66.9 Å². The van der Waals surface area contributed by atoms with Gasteiger partial charge in [-0.25, -0.2) is 4.85 Å². The Hall–Kier alpha value is -4.53. The molecule has 1 aromatic heterocycles. The normalized spacial score (nSPS) is 16.5. The van der Waals surface area contributed by atoms with Crippen molar-refractivity contribution in [2.75, 3.05) is 31.1 Å². The lowest BCUT2D eigenvalue weighted by atomic mass is 9.90. The van der Waals surface area contributed by atoms with Crippen LogP contribution in [-0.4, -0.2) is 53.8 Å². The predicted molar refractivity (Wildman–Crippen MR) is 158 cm³/mol. The van der Waals surface area contributed by atoms with Crippen LogP contribution in [0.25, 0.3) is 4.85 Å². The van der Waals surface area contributed by atoms with Crippen LogP contribution in [0.2, 0.25) is 0 Å². The number of carbonyl (C=O) groups is 2. The highest BCUT2D eigenvalue weighted by Crippen LogP contribution is 2.25. The molecule has 0 unspecified atom stereocenters. The topological polar surface area (TPSA) is 93.7 Å². The van der Waals surface area contributed by atoms with Gasteiger partial charge in [-0.3, -0.25) is 19.5 Å². The molecule has 1 amide bonds. The standard InChI is InChI=1S/C33H34N6O2/c1-35-28-7-9-30(10-8-28)39-18-14-29(15-19-39)37-33(41)27-6-11-31(36-22-27)32(40)20-24-12-16-38(17-13-24)23-26-4-2-25(21-34)3-5-26/h2-11,22,24,29H,12-20,23H2,(H,37,41). The number of pyridine rings is 1. The molecule has 0 aliphatic carbocycles. The Morgan fingerprint density at radius 1 is 0.951 bits per heavy atom. The van der Waals surface area contributed by atoms with E-state index in [1.54, 1.807) is 12.1 Å². The number of Topliss-reactive ketones (excluding diaryl/α,β-unsaturated/α-hetero) is 1. The van der Waals surface area contributed by atoms with Crippen LogP contribution < -0.4 is 10.2 Å².